The summed E-state index contributed by atoms with van der Waals surface area (Å²) in [7, 11) is 2.44. The molecule has 1 unspecified atom stereocenters. The van der Waals surface area contributed by atoms with Crippen LogP contribution in [0, 0.1) is 11.3 Å². The number of carbonyl (C=O) groups excluding carboxylic acids is 1. The third kappa shape index (κ3) is 6.95. The van der Waals surface area contributed by atoms with Crippen LogP contribution in [0.4, 0.5) is 22.9 Å². The fourth-order valence-corrected chi connectivity index (χ4v) is 3.52. The van der Waals surface area contributed by atoms with Crippen molar-refractivity contribution in [2.75, 3.05) is 29.9 Å². The highest BCUT2D eigenvalue weighted by molar-refractivity contribution is 7.13. The largest absolute Gasteiger partial charge is 0.371 e. The molecule has 0 radical (unpaired) electrons. The van der Waals surface area contributed by atoms with Gasteiger partial charge in [-0.05, 0) is 43.5 Å². The highest BCUT2D eigenvalue weighted by Gasteiger charge is 2.18. The second-order valence-corrected chi connectivity index (χ2v) is 8.09. The normalized spacial score (nSPS) is 10.9. The lowest BCUT2D eigenvalue weighted by atomic mass is 10.1. The molecular formula is C23H33N8OP. The summed E-state index contributed by atoms with van der Waals surface area (Å²) in [5.74, 6) is 0.159. The quantitative estimate of drug-likeness (QED) is 0.330. The van der Waals surface area contributed by atoms with E-state index in [-0.39, 0.29) is 5.91 Å². The van der Waals surface area contributed by atoms with E-state index in [2.05, 4.69) is 66.5 Å². The van der Waals surface area contributed by atoms with Gasteiger partial charge in [-0.3, -0.25) is 9.88 Å². The molecule has 1 atom stereocenters. The number of anilines is 2. The number of allylic oxidation sites excluding steroid dienone is 1. The van der Waals surface area contributed by atoms with Crippen molar-refractivity contribution < 1.29 is 4.79 Å². The highest BCUT2D eigenvalue weighted by atomic mass is 31.0. The van der Waals surface area contributed by atoms with E-state index in [1.807, 2.05) is 18.2 Å². The first-order valence-corrected chi connectivity index (χ1v) is 11.6. The molecule has 0 fully saturated rings. The van der Waals surface area contributed by atoms with Crippen LogP contribution in [0.25, 0.3) is 5.57 Å². The maximum absolute atomic E-state index is 11.9. The molecule has 1 aromatic carbocycles. The molecule has 0 saturated heterocycles. The number of nitrogens with zero attached hydrogens (tertiary/aromatic N) is 6. The molecule has 0 spiro atoms. The topological polar surface area (TPSA) is 111 Å². The van der Waals surface area contributed by atoms with Gasteiger partial charge in [0.15, 0.2) is 5.82 Å². The molecule has 0 aliphatic rings. The van der Waals surface area contributed by atoms with E-state index in [1.54, 1.807) is 11.6 Å². The average Bonchev–Trinajstić information content (AvgIpc) is 3.14. The Bertz CT molecular complexity index is 1050. The number of hydrogen-bond donors (Lipinski definition) is 2. The van der Waals surface area contributed by atoms with E-state index >= 15 is 0 Å². The molecule has 2 rings (SSSR count). The Labute approximate surface area is 198 Å². The summed E-state index contributed by atoms with van der Waals surface area (Å²) in [5, 5.41) is 28.8. The SMILES string of the molecule is C=C(C)c1nn(CCNP)c(/N=N/c2ccc(N(CCC)CCC)cc2NC(C)=O)c1C#N. The molecule has 10 heteroatoms. The summed E-state index contributed by atoms with van der Waals surface area (Å²) < 4.78 is 1.64. The molecule has 1 amide bonds. The molecule has 176 valence electrons. The van der Waals surface area contributed by atoms with Gasteiger partial charge in [0.25, 0.3) is 0 Å². The Morgan fingerprint density at radius 2 is 1.97 bits per heavy atom. The number of benzene rings is 1. The summed E-state index contributed by atoms with van der Waals surface area (Å²) in [5.41, 5.74) is 3.58. The second-order valence-electron chi connectivity index (χ2n) is 7.69. The second kappa shape index (κ2) is 12.8. The Morgan fingerprint density at radius 3 is 2.52 bits per heavy atom. The summed E-state index contributed by atoms with van der Waals surface area (Å²) >= 11 is 0. The molecular weight excluding hydrogens is 435 g/mol. The zero-order chi connectivity index (χ0) is 24.4. The van der Waals surface area contributed by atoms with E-state index in [1.165, 1.54) is 6.92 Å². The van der Waals surface area contributed by atoms with Crippen LogP contribution in [0.5, 0.6) is 0 Å². The monoisotopic (exact) mass is 468 g/mol. The van der Waals surface area contributed by atoms with E-state index in [9.17, 15) is 10.1 Å². The van der Waals surface area contributed by atoms with Gasteiger partial charge in [0.1, 0.15) is 23.0 Å². The molecule has 0 saturated carbocycles. The van der Waals surface area contributed by atoms with Gasteiger partial charge in [-0.1, -0.05) is 29.8 Å². The molecule has 2 N–H and O–H groups in total. The van der Waals surface area contributed by atoms with Crippen molar-refractivity contribution in [3.05, 3.63) is 36.0 Å². The van der Waals surface area contributed by atoms with Crippen molar-refractivity contribution in [2.45, 2.75) is 47.1 Å². The average molecular weight is 469 g/mol. The number of azo groups is 1. The first-order chi connectivity index (χ1) is 15.9. The van der Waals surface area contributed by atoms with E-state index in [0.29, 0.717) is 47.1 Å². The Hall–Kier alpha value is -3.08. The lowest BCUT2D eigenvalue weighted by Gasteiger charge is -2.24. The molecule has 2 aromatic rings. The molecule has 0 aliphatic carbocycles. The van der Waals surface area contributed by atoms with Gasteiger partial charge in [-0.15, -0.1) is 10.2 Å². The number of carbonyl (C=O) groups is 1. The predicted molar refractivity (Wildman–Crippen MR) is 137 cm³/mol. The van der Waals surface area contributed by atoms with Crippen molar-refractivity contribution in [3.63, 3.8) is 0 Å². The number of aromatic nitrogens is 2. The summed E-state index contributed by atoms with van der Waals surface area (Å²) in [6, 6.07) is 7.91. The van der Waals surface area contributed by atoms with Crippen LogP contribution < -0.4 is 15.3 Å². The molecule has 0 bridgehead atoms. The maximum Gasteiger partial charge on any atom is 0.221 e. The Morgan fingerprint density at radius 1 is 1.27 bits per heavy atom. The molecule has 1 aromatic heterocycles. The van der Waals surface area contributed by atoms with Crippen LogP contribution in [0.2, 0.25) is 0 Å². The van der Waals surface area contributed by atoms with Crippen LogP contribution in [0.3, 0.4) is 0 Å². The zero-order valence-corrected chi connectivity index (χ0v) is 21.0. The van der Waals surface area contributed by atoms with Crippen molar-refractivity contribution in [3.8, 4) is 6.07 Å². The predicted octanol–water partition coefficient (Wildman–Crippen LogP) is 5.17. The fourth-order valence-electron chi connectivity index (χ4n) is 3.39. The lowest BCUT2D eigenvalue weighted by Crippen LogP contribution is -2.24. The zero-order valence-electron chi connectivity index (χ0n) is 19.9. The van der Waals surface area contributed by atoms with E-state index < -0.39 is 0 Å². The highest BCUT2D eigenvalue weighted by Crippen LogP contribution is 2.33. The number of rotatable bonds is 12. The number of nitriles is 1. The van der Waals surface area contributed by atoms with Crippen LogP contribution in [0.1, 0.15) is 51.8 Å². The minimum atomic E-state index is -0.194. The van der Waals surface area contributed by atoms with E-state index in [0.717, 1.165) is 31.6 Å². The minimum absolute atomic E-state index is 0.194. The number of nitrogens with one attached hydrogen (secondary N) is 2. The van der Waals surface area contributed by atoms with Crippen LogP contribution in [-0.4, -0.2) is 35.3 Å². The van der Waals surface area contributed by atoms with Gasteiger partial charge in [0.05, 0.1) is 12.2 Å². The van der Waals surface area contributed by atoms with Gasteiger partial charge in [-0.25, -0.2) is 4.68 Å². The van der Waals surface area contributed by atoms with Gasteiger partial charge >= 0.3 is 0 Å². The smallest absolute Gasteiger partial charge is 0.221 e. The van der Waals surface area contributed by atoms with Crippen molar-refractivity contribution >= 4 is 43.8 Å². The number of hydrogen-bond acceptors (Lipinski definition) is 7. The summed E-state index contributed by atoms with van der Waals surface area (Å²) in [6.07, 6.45) is 2.04. The molecule has 0 aliphatic heterocycles. The fraction of sp³-hybridized carbons (Fsp3) is 0.435. The number of amides is 1. The Balaban J connectivity index is 2.52. The molecule has 9 nitrogen and oxygen atoms in total. The first-order valence-electron chi connectivity index (χ1n) is 11.0. The third-order valence-electron chi connectivity index (χ3n) is 4.81. The maximum atomic E-state index is 11.9. The van der Waals surface area contributed by atoms with Crippen molar-refractivity contribution in [1.82, 2.24) is 14.9 Å². The van der Waals surface area contributed by atoms with Crippen LogP contribution in [-0.2, 0) is 11.3 Å². The summed E-state index contributed by atoms with van der Waals surface area (Å²) in [4.78, 5) is 14.1. The van der Waals surface area contributed by atoms with Crippen LogP contribution >= 0.6 is 9.39 Å². The van der Waals surface area contributed by atoms with E-state index in [4.69, 9.17) is 0 Å². The van der Waals surface area contributed by atoms with Gasteiger partial charge < -0.3 is 10.2 Å². The van der Waals surface area contributed by atoms with Crippen LogP contribution in [0.15, 0.2) is 35.0 Å². The van der Waals surface area contributed by atoms with Gasteiger partial charge in [0.2, 0.25) is 5.91 Å². The van der Waals surface area contributed by atoms with Crippen molar-refractivity contribution in [1.29, 1.82) is 5.26 Å². The van der Waals surface area contributed by atoms with Crippen molar-refractivity contribution in [2.24, 2.45) is 10.2 Å². The first kappa shape index (κ1) is 26.2. The van der Waals surface area contributed by atoms with Gasteiger partial charge in [-0.2, -0.15) is 10.4 Å². The molecule has 1 heterocycles. The standard InChI is InChI=1S/C23H33N8OP/c1-6-11-30(12-7-2)18-8-9-20(21(14-18)26-17(5)32)27-28-23-19(15-24)22(16(3)4)29-31(23)13-10-25-33/h8-9,14,25H,3,6-7,10-13,33H2,1-2,4-5H3,(H,26,32)/b28-27+. The minimum Gasteiger partial charge on any atom is -0.371 e. The Kier molecular flexibility index (Phi) is 10.2. The summed E-state index contributed by atoms with van der Waals surface area (Å²) in [6.45, 7) is 14.4. The molecule has 33 heavy (non-hydrogen) atoms. The third-order valence-corrected chi connectivity index (χ3v) is 5.09. The lowest BCUT2D eigenvalue weighted by molar-refractivity contribution is -0.114. The van der Waals surface area contributed by atoms with Gasteiger partial charge in [0, 0.05) is 32.2 Å².